The number of carbonyl (C=O) groups is 3. The highest BCUT2D eigenvalue weighted by molar-refractivity contribution is 7.80. The van der Waals surface area contributed by atoms with Gasteiger partial charge in [-0.3, -0.25) is 19.3 Å². The summed E-state index contributed by atoms with van der Waals surface area (Å²) in [5.41, 5.74) is 2.57. The zero-order valence-electron chi connectivity index (χ0n) is 11.7. The number of thiocarbonyl (C=S) groups is 1. The lowest BCUT2D eigenvalue weighted by molar-refractivity contribution is -0.130. The third-order valence-electron chi connectivity index (χ3n) is 2.87. The van der Waals surface area contributed by atoms with Crippen molar-refractivity contribution in [1.82, 2.24) is 10.7 Å². The van der Waals surface area contributed by atoms with Crippen molar-refractivity contribution in [2.24, 2.45) is 11.0 Å². The predicted octanol–water partition coefficient (Wildman–Crippen LogP) is 0.0662. The Morgan fingerprint density at radius 2 is 2.13 bits per heavy atom. The molecule has 0 aliphatic carbocycles. The van der Waals surface area contributed by atoms with Gasteiger partial charge in [-0.05, 0) is 24.4 Å². The van der Waals surface area contributed by atoms with Gasteiger partial charge in [0.2, 0.25) is 5.91 Å². The molecule has 2 N–H and O–H groups in total. The Morgan fingerprint density at radius 3 is 2.78 bits per heavy atom. The molecule has 1 aliphatic rings. The van der Waals surface area contributed by atoms with Crippen LogP contribution >= 0.6 is 12.2 Å². The number of amides is 3. The zero-order valence-corrected chi connectivity index (χ0v) is 12.5. The van der Waals surface area contributed by atoms with E-state index in [1.165, 1.54) is 4.90 Å². The summed E-state index contributed by atoms with van der Waals surface area (Å²) in [6.45, 7) is 0. The average molecular weight is 329 g/mol. The monoisotopic (exact) mass is 329 g/mol. The molecule has 1 aliphatic heterocycles. The smallest absolute Gasteiger partial charge is 0.254 e. The summed E-state index contributed by atoms with van der Waals surface area (Å²) in [6, 6.07) is 10.2. The lowest BCUT2D eigenvalue weighted by Gasteiger charge is -2.30. The van der Waals surface area contributed by atoms with Crippen LogP contribution in [0.1, 0.15) is 6.42 Å². The third-order valence-corrected chi connectivity index (χ3v) is 3.15. The molecule has 23 heavy (non-hydrogen) atoms. The fraction of sp³-hybridized carbons (Fsp3) is 0.143. The van der Waals surface area contributed by atoms with Crippen LogP contribution in [0, 0.1) is 17.2 Å². The van der Waals surface area contributed by atoms with Gasteiger partial charge in [-0.1, -0.05) is 18.2 Å². The van der Waals surface area contributed by atoms with Crippen LogP contribution in [0.2, 0.25) is 0 Å². The molecular formula is C14H11N5O3S. The van der Waals surface area contributed by atoms with Crippen molar-refractivity contribution in [2.75, 3.05) is 4.90 Å². The van der Waals surface area contributed by atoms with E-state index in [0.717, 1.165) is 6.21 Å². The minimum absolute atomic E-state index is 0.0237. The van der Waals surface area contributed by atoms with E-state index in [4.69, 9.17) is 17.5 Å². The van der Waals surface area contributed by atoms with E-state index in [9.17, 15) is 14.4 Å². The molecule has 0 aromatic heterocycles. The van der Waals surface area contributed by atoms with Gasteiger partial charge in [-0.2, -0.15) is 10.4 Å². The number of carbonyl (C=O) groups excluding carboxylic acids is 3. The fourth-order valence-corrected chi connectivity index (χ4v) is 2.13. The fourth-order valence-electron chi connectivity index (χ4n) is 1.84. The van der Waals surface area contributed by atoms with Crippen molar-refractivity contribution in [3.8, 4) is 6.07 Å². The van der Waals surface area contributed by atoms with Crippen molar-refractivity contribution in [1.29, 1.82) is 5.26 Å². The molecule has 1 aromatic carbocycles. The molecule has 1 fully saturated rings. The maximum absolute atomic E-state index is 12.5. The molecule has 1 aromatic rings. The summed E-state index contributed by atoms with van der Waals surface area (Å²) in [5, 5.41) is 14.3. The highest BCUT2D eigenvalue weighted by atomic mass is 32.1. The van der Waals surface area contributed by atoms with Crippen molar-refractivity contribution >= 4 is 47.0 Å². The molecular weight excluding hydrogens is 318 g/mol. The van der Waals surface area contributed by atoms with Crippen molar-refractivity contribution in [3.05, 3.63) is 30.3 Å². The van der Waals surface area contributed by atoms with Gasteiger partial charge in [0.05, 0.1) is 11.8 Å². The van der Waals surface area contributed by atoms with Crippen molar-refractivity contribution in [2.45, 2.75) is 6.42 Å². The van der Waals surface area contributed by atoms with Gasteiger partial charge < -0.3 is 5.32 Å². The highest BCUT2D eigenvalue weighted by Crippen LogP contribution is 2.19. The first-order valence-corrected chi connectivity index (χ1v) is 6.88. The van der Waals surface area contributed by atoms with E-state index in [2.05, 4.69) is 15.8 Å². The molecule has 0 bridgehead atoms. The van der Waals surface area contributed by atoms with E-state index in [0.29, 0.717) is 5.69 Å². The number of hydrogen-bond acceptors (Lipinski definition) is 6. The highest BCUT2D eigenvalue weighted by Gasteiger charge is 2.38. The van der Waals surface area contributed by atoms with Crippen LogP contribution < -0.4 is 15.6 Å². The van der Waals surface area contributed by atoms with Crippen LogP contribution in [-0.2, 0) is 14.4 Å². The standard InChI is InChI=1S/C14H11N5O3S/c15-7-6-11(20)18-16-8-10-12(21)17-14(23)19(13(10)22)9-4-2-1-3-5-9/h1-5,8,10H,6H2,(H,18,20)(H,17,21,23)/b16-8+. The average Bonchev–Trinajstić information content (AvgIpc) is 2.51. The van der Waals surface area contributed by atoms with Gasteiger partial charge in [-0.15, -0.1) is 0 Å². The number of nitriles is 1. The van der Waals surface area contributed by atoms with Crippen LogP contribution in [0.3, 0.4) is 0 Å². The summed E-state index contributed by atoms with van der Waals surface area (Å²) in [5.74, 6) is -3.08. The minimum atomic E-state index is -1.23. The Bertz CT molecular complexity index is 726. The molecule has 2 rings (SSSR count). The van der Waals surface area contributed by atoms with Crippen LogP contribution in [0.5, 0.6) is 0 Å². The minimum Gasteiger partial charge on any atom is -0.301 e. The number of hydrazone groups is 1. The van der Waals surface area contributed by atoms with Gasteiger partial charge in [0.15, 0.2) is 11.0 Å². The third kappa shape index (κ3) is 3.75. The number of anilines is 1. The quantitative estimate of drug-likeness (QED) is 0.351. The Balaban J connectivity index is 2.17. The molecule has 0 radical (unpaired) electrons. The summed E-state index contributed by atoms with van der Waals surface area (Å²) in [4.78, 5) is 36.7. The summed E-state index contributed by atoms with van der Waals surface area (Å²) in [6.07, 6.45) is 0.632. The molecule has 0 saturated carbocycles. The topological polar surface area (TPSA) is 115 Å². The number of rotatable bonds is 4. The summed E-state index contributed by atoms with van der Waals surface area (Å²) < 4.78 is 0. The first-order chi connectivity index (χ1) is 11.0. The van der Waals surface area contributed by atoms with Crippen LogP contribution in [-0.4, -0.2) is 29.0 Å². The van der Waals surface area contributed by atoms with E-state index < -0.39 is 23.6 Å². The molecule has 8 nitrogen and oxygen atoms in total. The maximum Gasteiger partial charge on any atom is 0.254 e. The van der Waals surface area contributed by atoms with E-state index in [1.807, 2.05) is 0 Å². The van der Waals surface area contributed by atoms with Crippen LogP contribution in [0.4, 0.5) is 5.69 Å². The summed E-state index contributed by atoms with van der Waals surface area (Å²) in [7, 11) is 0. The number of benzene rings is 1. The van der Waals surface area contributed by atoms with Crippen LogP contribution in [0.15, 0.2) is 35.4 Å². The largest absolute Gasteiger partial charge is 0.301 e. The van der Waals surface area contributed by atoms with E-state index in [1.54, 1.807) is 36.4 Å². The number of nitrogens with zero attached hydrogens (tertiary/aromatic N) is 3. The second kappa shape index (κ2) is 7.24. The molecule has 3 amide bonds. The Morgan fingerprint density at radius 1 is 1.43 bits per heavy atom. The van der Waals surface area contributed by atoms with Gasteiger partial charge in [0.25, 0.3) is 11.8 Å². The predicted molar refractivity (Wildman–Crippen MR) is 85.0 cm³/mol. The van der Waals surface area contributed by atoms with Gasteiger partial charge in [0, 0.05) is 6.21 Å². The van der Waals surface area contributed by atoms with Gasteiger partial charge in [-0.25, -0.2) is 5.43 Å². The van der Waals surface area contributed by atoms with Gasteiger partial charge >= 0.3 is 0 Å². The Labute approximate surface area is 136 Å². The van der Waals surface area contributed by atoms with E-state index >= 15 is 0 Å². The number of nitrogens with one attached hydrogen (secondary N) is 2. The summed E-state index contributed by atoms with van der Waals surface area (Å²) >= 11 is 5.03. The zero-order chi connectivity index (χ0) is 16.8. The molecule has 9 heteroatoms. The molecule has 1 heterocycles. The first kappa shape index (κ1) is 16.3. The first-order valence-electron chi connectivity index (χ1n) is 6.47. The Kier molecular flexibility index (Phi) is 5.11. The molecule has 116 valence electrons. The second-order valence-corrected chi connectivity index (χ2v) is 4.82. The number of para-hydroxylation sites is 1. The van der Waals surface area contributed by atoms with Crippen molar-refractivity contribution < 1.29 is 14.4 Å². The normalized spacial score (nSPS) is 17.8. The molecule has 0 spiro atoms. The Hall–Kier alpha value is -3.12. The lowest BCUT2D eigenvalue weighted by atomic mass is 10.1. The van der Waals surface area contributed by atoms with Gasteiger partial charge in [0.1, 0.15) is 6.42 Å². The second-order valence-electron chi connectivity index (χ2n) is 4.43. The van der Waals surface area contributed by atoms with E-state index in [-0.39, 0.29) is 11.5 Å². The van der Waals surface area contributed by atoms with Crippen molar-refractivity contribution in [3.63, 3.8) is 0 Å². The SMILES string of the molecule is N#CCC(=O)N/N=C/C1C(=O)NC(=S)N(c2ccccc2)C1=O. The molecule has 1 unspecified atom stereocenters. The maximum atomic E-state index is 12.5. The molecule has 1 atom stereocenters. The van der Waals surface area contributed by atoms with Crippen LogP contribution in [0.25, 0.3) is 0 Å². The number of hydrogen-bond donors (Lipinski definition) is 2. The lowest BCUT2D eigenvalue weighted by Crippen LogP contribution is -2.58. The molecule has 1 saturated heterocycles.